The van der Waals surface area contributed by atoms with Gasteiger partial charge in [-0.1, -0.05) is 320 Å². The van der Waals surface area contributed by atoms with Gasteiger partial charge in [-0.3, -0.25) is 0 Å². The molecule has 6 nitrogen and oxygen atoms in total. The van der Waals surface area contributed by atoms with Gasteiger partial charge in [0.2, 0.25) is 0 Å². The summed E-state index contributed by atoms with van der Waals surface area (Å²) in [5.74, 6) is 0. The second-order valence-electron chi connectivity index (χ2n) is 38.3. The standard InChI is InChI=1S/C118H97BN6/c1-115(2,3)78-53-60-105-95(63-78)96-64-79(116(4,5)6)54-61-106(96)122(105)84-56-59-99-109(71-84)125(114-93(76-39-21-15-22-40-76)67-81(118(10,11)12)68-94(114)77-41-23-16-24-42-77)111-73-85(123-102-50-32-27-45-88(102)89-46-28-33-51-103(89)123)72-110-112(111)119(99)98-58-55-83(70-108(98)124(110)113-91(74-35-17-13-18-36-74)65-80(117(7,8)9)66-92(113)75-37-19-14-20-38-75)121-104-52-34-29-47-90(104)97-69-82(57-62-107(97)121)120-100-48-30-25-43-86(100)87-44-26-31-49-101(87)120/h13-73H,1-12H3/i27D,28D,32D,33D,45D,46D,50D,51D. The summed E-state index contributed by atoms with van der Waals surface area (Å²) in [5.41, 5.74) is 28.6. The Morgan fingerprint density at radius 1 is 0.224 bits per heavy atom. The van der Waals surface area contributed by atoms with Gasteiger partial charge in [0.05, 0.1) is 72.2 Å². The largest absolute Gasteiger partial charge is 0.310 e. The normalized spacial score (nSPS) is 14.0. The third-order valence-corrected chi connectivity index (χ3v) is 26.6. The quantitative estimate of drug-likeness (QED) is 0.128. The highest BCUT2D eigenvalue weighted by Gasteiger charge is 2.47. The molecule has 602 valence electrons. The first-order chi connectivity index (χ1) is 63.9. The molecule has 6 heterocycles. The molecule has 0 atom stereocenters. The summed E-state index contributed by atoms with van der Waals surface area (Å²) in [4.78, 5) is 4.99. The molecule has 2 aliphatic heterocycles. The van der Waals surface area contributed by atoms with E-state index in [0.717, 1.165) is 178 Å². The number of fused-ring (bicyclic) bond motifs is 16. The summed E-state index contributed by atoms with van der Waals surface area (Å²) in [7, 11) is 0. The fraction of sp³-hybridized carbons (Fsp3) is 0.136. The molecule has 0 saturated carbocycles. The van der Waals surface area contributed by atoms with Gasteiger partial charge in [0.25, 0.3) is 6.71 Å². The lowest BCUT2D eigenvalue weighted by Gasteiger charge is -2.46. The third kappa shape index (κ3) is 12.0. The van der Waals surface area contributed by atoms with Crippen LogP contribution in [0, 0.1) is 0 Å². The summed E-state index contributed by atoms with van der Waals surface area (Å²) >= 11 is 0. The second kappa shape index (κ2) is 28.1. The molecule has 0 fully saturated rings. The van der Waals surface area contributed by atoms with Crippen LogP contribution in [0.3, 0.4) is 0 Å². The van der Waals surface area contributed by atoms with Gasteiger partial charge in [-0.15, -0.1) is 0 Å². The fourth-order valence-electron chi connectivity index (χ4n) is 20.3. The number of para-hydroxylation sites is 5. The van der Waals surface area contributed by atoms with Gasteiger partial charge >= 0.3 is 0 Å². The van der Waals surface area contributed by atoms with E-state index in [4.69, 9.17) is 0 Å². The molecule has 0 bridgehead atoms. The van der Waals surface area contributed by atoms with E-state index in [1.54, 1.807) is 4.57 Å². The molecule has 0 unspecified atom stereocenters. The lowest BCUT2D eigenvalue weighted by molar-refractivity contribution is 0.590. The minimum atomic E-state index is -0.607. The third-order valence-electron chi connectivity index (χ3n) is 26.6. The van der Waals surface area contributed by atoms with E-state index < -0.39 is 55.1 Å². The van der Waals surface area contributed by atoms with E-state index in [0.29, 0.717) is 5.69 Å². The minimum absolute atomic E-state index is 0.00372. The highest BCUT2D eigenvalue weighted by atomic mass is 15.2. The first kappa shape index (κ1) is 67.2. The molecule has 125 heavy (non-hydrogen) atoms. The van der Waals surface area contributed by atoms with Gasteiger partial charge in [-0.2, -0.15) is 0 Å². The van der Waals surface area contributed by atoms with Crippen molar-refractivity contribution >= 4 is 144 Å². The average Bonchev–Trinajstić information content (AvgIpc) is 1.58. The Bertz CT molecular complexity index is 8190. The van der Waals surface area contributed by atoms with Crippen LogP contribution in [0.2, 0.25) is 0 Å². The summed E-state index contributed by atoms with van der Waals surface area (Å²) in [6.45, 7) is 26.7. The topological polar surface area (TPSA) is 26.2 Å². The van der Waals surface area contributed by atoms with Crippen molar-refractivity contribution in [3.63, 3.8) is 0 Å². The number of hydrogen-bond donors (Lipinski definition) is 0. The maximum atomic E-state index is 10.5. The van der Waals surface area contributed by atoms with E-state index in [2.05, 4.69) is 428 Å². The van der Waals surface area contributed by atoms with E-state index in [9.17, 15) is 11.0 Å². The van der Waals surface area contributed by atoms with Crippen molar-refractivity contribution in [1.82, 2.24) is 18.3 Å². The molecular formula is C118H97BN6. The predicted molar refractivity (Wildman–Crippen MR) is 534 cm³/mol. The number of rotatable bonds is 10. The van der Waals surface area contributed by atoms with Crippen LogP contribution in [0.4, 0.5) is 34.1 Å². The van der Waals surface area contributed by atoms with Gasteiger partial charge in [-0.25, -0.2) is 0 Å². The predicted octanol–water partition coefficient (Wildman–Crippen LogP) is 30.0. The number of aromatic nitrogens is 4. The van der Waals surface area contributed by atoms with Crippen LogP contribution in [0.15, 0.2) is 370 Å². The average molecular weight is 1620 g/mol. The van der Waals surface area contributed by atoms with Crippen LogP contribution in [-0.4, -0.2) is 25.0 Å². The Morgan fingerprint density at radius 2 is 0.512 bits per heavy atom. The summed E-state index contributed by atoms with van der Waals surface area (Å²) < 4.78 is 88.7. The number of hydrogen-bond acceptors (Lipinski definition) is 2. The lowest BCUT2D eigenvalue weighted by atomic mass is 9.33. The van der Waals surface area contributed by atoms with Crippen molar-refractivity contribution < 1.29 is 11.0 Å². The summed E-state index contributed by atoms with van der Waals surface area (Å²) in [6.07, 6.45) is 0. The molecule has 0 aliphatic carbocycles. The van der Waals surface area contributed by atoms with Gasteiger partial charge in [-0.05, 0) is 216 Å². The van der Waals surface area contributed by atoms with E-state index in [1.807, 2.05) is 0 Å². The molecule has 21 aromatic rings. The van der Waals surface area contributed by atoms with Crippen LogP contribution in [-0.2, 0) is 21.7 Å². The monoisotopic (exact) mass is 1620 g/mol. The molecule has 0 radical (unpaired) electrons. The highest BCUT2D eigenvalue weighted by molar-refractivity contribution is 7.00. The second-order valence-corrected chi connectivity index (χ2v) is 38.3. The van der Waals surface area contributed by atoms with Crippen LogP contribution < -0.4 is 26.2 Å². The Kier molecular flexibility index (Phi) is 15.1. The van der Waals surface area contributed by atoms with E-state index >= 15 is 0 Å². The van der Waals surface area contributed by atoms with Crippen LogP contribution in [0.5, 0.6) is 0 Å². The molecule has 0 spiro atoms. The highest BCUT2D eigenvalue weighted by Crippen LogP contribution is 2.57. The molecule has 0 amide bonds. The van der Waals surface area contributed by atoms with Gasteiger partial charge in [0.1, 0.15) is 0 Å². The first-order valence-corrected chi connectivity index (χ1v) is 43.7. The van der Waals surface area contributed by atoms with Crippen molar-refractivity contribution in [2.24, 2.45) is 0 Å². The minimum Gasteiger partial charge on any atom is -0.310 e. The summed E-state index contributed by atoms with van der Waals surface area (Å²) in [5, 5.41) is 6.76. The molecule has 17 aromatic carbocycles. The Hall–Kier alpha value is -14.4. The lowest BCUT2D eigenvalue weighted by Crippen LogP contribution is -2.61. The zero-order valence-electron chi connectivity index (χ0n) is 80.4. The van der Waals surface area contributed by atoms with Crippen LogP contribution >= 0.6 is 0 Å². The maximum Gasteiger partial charge on any atom is 0.252 e. The smallest absolute Gasteiger partial charge is 0.252 e. The van der Waals surface area contributed by atoms with Crippen molar-refractivity contribution in [1.29, 1.82) is 0 Å². The molecule has 0 N–H and O–H groups in total. The van der Waals surface area contributed by atoms with Crippen LogP contribution in [0.25, 0.3) is 154 Å². The number of benzene rings is 17. The van der Waals surface area contributed by atoms with Crippen molar-refractivity contribution in [3.05, 3.63) is 392 Å². The Morgan fingerprint density at radius 3 is 0.880 bits per heavy atom. The van der Waals surface area contributed by atoms with Crippen molar-refractivity contribution in [2.75, 3.05) is 9.80 Å². The molecule has 23 rings (SSSR count). The zero-order valence-corrected chi connectivity index (χ0v) is 72.4. The van der Waals surface area contributed by atoms with E-state index in [-0.39, 0.29) is 43.5 Å². The maximum absolute atomic E-state index is 10.5. The van der Waals surface area contributed by atoms with Gasteiger partial charge in [0, 0.05) is 105 Å². The Labute approximate surface area is 743 Å². The van der Waals surface area contributed by atoms with Crippen LogP contribution in [0.1, 0.15) is 116 Å². The van der Waals surface area contributed by atoms with Gasteiger partial charge < -0.3 is 28.1 Å². The summed E-state index contributed by atoms with van der Waals surface area (Å²) in [6, 6.07) is 114. The van der Waals surface area contributed by atoms with Crippen molar-refractivity contribution in [2.45, 2.75) is 105 Å². The van der Waals surface area contributed by atoms with E-state index in [1.165, 1.54) is 21.9 Å². The fourth-order valence-corrected chi connectivity index (χ4v) is 20.3. The molecular weight excluding hydrogens is 1510 g/mol. The SMILES string of the molecule is [2H]c1c([2H])c([2H])c2c(c1[2H])c1c([2H])c([2H])c([2H])c([2H])c1n2-c1cc2c3c(c1)N(c1c(-c4ccccc4)cc(C(C)(C)C)cc1-c1ccccc1)c1cc(-n4c5ccc(C(C)(C)C)cc5c5cc(C(C)(C)C)ccc54)ccc1B3c1ccc(-n3c4ccccc4c4cc(-n5c6ccccc6c6ccccc65)ccc43)cc1N2c1c(-c2ccccc2)cc(C(C)(C)C)cc1-c1ccccc1. The first-order valence-electron chi connectivity index (χ1n) is 47.7. The molecule has 0 saturated heterocycles. The molecule has 7 heteroatoms. The molecule has 4 aromatic heterocycles. The van der Waals surface area contributed by atoms with Crippen molar-refractivity contribution in [3.8, 4) is 67.3 Å². The van der Waals surface area contributed by atoms with Gasteiger partial charge in [0.15, 0.2) is 0 Å². The molecule has 2 aliphatic rings. The number of anilines is 6. The number of nitrogens with zero attached hydrogens (tertiary/aromatic N) is 6. The zero-order chi connectivity index (χ0) is 91.8. The Balaban J connectivity index is 0.932.